The van der Waals surface area contributed by atoms with E-state index in [4.69, 9.17) is 0 Å². The Morgan fingerprint density at radius 3 is 2.70 bits per heavy atom. The van der Waals surface area contributed by atoms with Crippen molar-refractivity contribution in [2.45, 2.75) is 33.2 Å². The van der Waals surface area contributed by atoms with Gasteiger partial charge in [0.15, 0.2) is 0 Å². The van der Waals surface area contributed by atoms with Gasteiger partial charge in [0.05, 0.1) is 17.3 Å². The van der Waals surface area contributed by atoms with Crippen molar-refractivity contribution in [2.24, 2.45) is 7.05 Å². The molecule has 1 unspecified atom stereocenters. The third kappa shape index (κ3) is 2.95. The molecule has 3 aromatic rings. The van der Waals surface area contributed by atoms with Gasteiger partial charge in [0, 0.05) is 28.2 Å². The van der Waals surface area contributed by atoms with Gasteiger partial charge in [-0.3, -0.25) is 4.68 Å². The molecule has 0 fully saturated rings. The topological polar surface area (TPSA) is 55.6 Å². The third-order valence-electron chi connectivity index (χ3n) is 4.23. The molecule has 1 N–H and O–H groups in total. The molecule has 0 saturated carbocycles. The molecule has 0 spiro atoms. The second-order valence-electron chi connectivity index (χ2n) is 5.70. The molecular weight excluding hydrogens is 354 g/mol. The Bertz CT molecular complexity index is 856. The minimum atomic E-state index is 0.167. The summed E-state index contributed by atoms with van der Waals surface area (Å²) in [7, 11) is 1.98. The fourth-order valence-electron chi connectivity index (χ4n) is 2.98. The van der Waals surface area contributed by atoms with Crippen molar-refractivity contribution < 1.29 is 0 Å². The van der Waals surface area contributed by atoms with Crippen LogP contribution in [0.25, 0.3) is 10.9 Å². The Morgan fingerprint density at radius 1 is 1.26 bits per heavy atom. The predicted octanol–water partition coefficient (Wildman–Crippen LogP) is 4.31. The lowest BCUT2D eigenvalue weighted by atomic mass is 10.0. The Hall–Kier alpha value is -1.95. The fraction of sp³-hybridized carbons (Fsp3) is 0.353. The first-order valence-electron chi connectivity index (χ1n) is 7.68. The number of nitrogens with one attached hydrogen (secondary N) is 1. The van der Waals surface area contributed by atoms with Crippen molar-refractivity contribution in [3.63, 3.8) is 0 Å². The zero-order valence-corrected chi connectivity index (χ0v) is 15.3. The molecule has 0 saturated heterocycles. The summed E-state index contributed by atoms with van der Waals surface area (Å²) in [6.45, 7) is 6.33. The van der Waals surface area contributed by atoms with Crippen LogP contribution in [0, 0.1) is 13.8 Å². The number of benzene rings is 1. The van der Waals surface area contributed by atoms with Crippen LogP contribution < -0.4 is 5.32 Å². The zero-order valence-electron chi connectivity index (χ0n) is 13.8. The Morgan fingerprint density at radius 2 is 2.04 bits per heavy atom. The summed E-state index contributed by atoms with van der Waals surface area (Å²) in [6, 6.07) is 6.20. The SMILES string of the molecule is CCC(Nc1ncnc2ccc(Br)cc12)c1c(C)nn(C)c1C. The molecule has 5 nitrogen and oxygen atoms in total. The van der Waals surface area contributed by atoms with E-state index in [-0.39, 0.29) is 6.04 Å². The van der Waals surface area contributed by atoms with E-state index in [2.05, 4.69) is 57.1 Å². The van der Waals surface area contributed by atoms with Gasteiger partial charge in [-0.1, -0.05) is 22.9 Å². The quantitative estimate of drug-likeness (QED) is 0.740. The van der Waals surface area contributed by atoms with Gasteiger partial charge in [-0.15, -0.1) is 0 Å². The summed E-state index contributed by atoms with van der Waals surface area (Å²) >= 11 is 3.52. The number of fused-ring (bicyclic) bond motifs is 1. The lowest BCUT2D eigenvalue weighted by Crippen LogP contribution is -2.13. The molecule has 23 heavy (non-hydrogen) atoms. The van der Waals surface area contributed by atoms with E-state index < -0.39 is 0 Å². The number of aromatic nitrogens is 4. The van der Waals surface area contributed by atoms with E-state index in [9.17, 15) is 0 Å². The fourth-order valence-corrected chi connectivity index (χ4v) is 3.34. The Labute approximate surface area is 144 Å². The number of halogens is 1. The number of nitrogens with zero attached hydrogens (tertiary/aromatic N) is 4. The molecule has 0 aliphatic rings. The third-order valence-corrected chi connectivity index (χ3v) is 4.72. The van der Waals surface area contributed by atoms with E-state index in [0.717, 1.165) is 33.3 Å². The van der Waals surface area contributed by atoms with Gasteiger partial charge in [0.2, 0.25) is 0 Å². The van der Waals surface area contributed by atoms with Gasteiger partial charge in [-0.25, -0.2) is 9.97 Å². The largest absolute Gasteiger partial charge is 0.363 e. The summed E-state index contributed by atoms with van der Waals surface area (Å²) < 4.78 is 2.95. The number of hydrogen-bond acceptors (Lipinski definition) is 4. The molecule has 2 heterocycles. The highest BCUT2D eigenvalue weighted by atomic mass is 79.9. The predicted molar refractivity (Wildman–Crippen MR) is 96.6 cm³/mol. The first kappa shape index (κ1) is 15.9. The Balaban J connectivity index is 2.04. The van der Waals surface area contributed by atoms with E-state index in [1.54, 1.807) is 6.33 Å². The summed E-state index contributed by atoms with van der Waals surface area (Å²) in [5.74, 6) is 0.853. The van der Waals surface area contributed by atoms with Gasteiger partial charge in [-0.2, -0.15) is 5.10 Å². The standard InChI is InChI=1S/C17H20BrN5/c1-5-14(16-10(2)22-23(4)11(16)3)21-17-13-8-12(18)6-7-15(13)19-9-20-17/h6-9,14H,5H2,1-4H3,(H,19,20,21). The van der Waals surface area contributed by atoms with Crippen LogP contribution >= 0.6 is 15.9 Å². The van der Waals surface area contributed by atoms with Gasteiger partial charge in [0.1, 0.15) is 12.1 Å². The van der Waals surface area contributed by atoms with E-state index in [0.29, 0.717) is 0 Å². The second-order valence-corrected chi connectivity index (χ2v) is 6.61. The molecular formula is C17H20BrN5. The molecule has 6 heteroatoms. The molecule has 0 aliphatic carbocycles. The number of hydrogen-bond donors (Lipinski definition) is 1. The summed E-state index contributed by atoms with van der Waals surface area (Å²) in [6.07, 6.45) is 2.56. The molecule has 120 valence electrons. The van der Waals surface area contributed by atoms with Crippen LogP contribution in [0.15, 0.2) is 29.0 Å². The van der Waals surface area contributed by atoms with Gasteiger partial charge < -0.3 is 5.32 Å². The minimum absolute atomic E-state index is 0.167. The smallest absolute Gasteiger partial charge is 0.137 e. The average Bonchev–Trinajstić information content (AvgIpc) is 2.78. The number of aryl methyl sites for hydroxylation is 2. The first-order valence-corrected chi connectivity index (χ1v) is 8.47. The minimum Gasteiger partial charge on any atom is -0.363 e. The van der Waals surface area contributed by atoms with Crippen molar-refractivity contribution in [3.05, 3.63) is 46.0 Å². The van der Waals surface area contributed by atoms with E-state index >= 15 is 0 Å². The molecule has 1 aromatic carbocycles. The number of rotatable bonds is 4. The van der Waals surface area contributed by atoms with E-state index in [1.165, 1.54) is 11.3 Å². The molecule has 0 bridgehead atoms. The highest BCUT2D eigenvalue weighted by Crippen LogP contribution is 2.30. The Kier molecular flexibility index (Phi) is 4.35. The second kappa shape index (κ2) is 6.28. The maximum Gasteiger partial charge on any atom is 0.137 e. The van der Waals surface area contributed by atoms with Crippen LogP contribution in [-0.4, -0.2) is 19.7 Å². The van der Waals surface area contributed by atoms with Crippen LogP contribution in [0.4, 0.5) is 5.82 Å². The van der Waals surface area contributed by atoms with Gasteiger partial charge >= 0.3 is 0 Å². The maximum absolute atomic E-state index is 4.53. The van der Waals surface area contributed by atoms with Crippen molar-refractivity contribution in [1.82, 2.24) is 19.7 Å². The average molecular weight is 374 g/mol. The molecule has 0 amide bonds. The molecule has 3 rings (SSSR count). The lowest BCUT2D eigenvalue weighted by Gasteiger charge is -2.19. The maximum atomic E-state index is 4.53. The van der Waals surface area contributed by atoms with Crippen LogP contribution in [0.5, 0.6) is 0 Å². The zero-order chi connectivity index (χ0) is 16.6. The summed E-state index contributed by atoms with van der Waals surface area (Å²) in [5, 5.41) is 9.13. The van der Waals surface area contributed by atoms with Gasteiger partial charge in [0.25, 0.3) is 0 Å². The first-order chi connectivity index (χ1) is 11.0. The molecule has 0 aliphatic heterocycles. The van der Waals surface area contributed by atoms with Crippen molar-refractivity contribution in [3.8, 4) is 0 Å². The summed E-state index contributed by atoms with van der Waals surface area (Å²) in [5.41, 5.74) is 4.42. The van der Waals surface area contributed by atoms with Crippen molar-refractivity contribution in [1.29, 1.82) is 0 Å². The van der Waals surface area contributed by atoms with Crippen molar-refractivity contribution >= 4 is 32.7 Å². The molecule has 1 atom stereocenters. The highest BCUT2D eigenvalue weighted by Gasteiger charge is 2.20. The van der Waals surface area contributed by atoms with Crippen LogP contribution in [0.2, 0.25) is 0 Å². The van der Waals surface area contributed by atoms with Crippen LogP contribution in [0.3, 0.4) is 0 Å². The van der Waals surface area contributed by atoms with E-state index in [1.807, 2.05) is 29.9 Å². The molecule has 2 aromatic heterocycles. The number of anilines is 1. The van der Waals surface area contributed by atoms with Gasteiger partial charge in [-0.05, 0) is 38.5 Å². The van der Waals surface area contributed by atoms with Crippen LogP contribution in [0.1, 0.15) is 36.3 Å². The normalized spacial score (nSPS) is 12.6. The monoisotopic (exact) mass is 373 g/mol. The molecule has 0 radical (unpaired) electrons. The van der Waals surface area contributed by atoms with Crippen LogP contribution in [-0.2, 0) is 7.05 Å². The lowest BCUT2D eigenvalue weighted by molar-refractivity contribution is 0.715. The van der Waals surface area contributed by atoms with Crippen molar-refractivity contribution in [2.75, 3.05) is 5.32 Å². The highest BCUT2D eigenvalue weighted by molar-refractivity contribution is 9.10. The summed E-state index contributed by atoms with van der Waals surface area (Å²) in [4.78, 5) is 8.80.